The van der Waals surface area contributed by atoms with Gasteiger partial charge in [-0.1, -0.05) is 11.6 Å². The summed E-state index contributed by atoms with van der Waals surface area (Å²) in [7, 11) is 0. The summed E-state index contributed by atoms with van der Waals surface area (Å²) >= 11 is 5.71. The fourth-order valence-corrected chi connectivity index (χ4v) is 1.45. The first-order valence-corrected chi connectivity index (χ1v) is 5.54. The van der Waals surface area contributed by atoms with Crippen LogP contribution >= 0.6 is 11.6 Å². The number of hydrogen-bond donors (Lipinski definition) is 0. The topological polar surface area (TPSA) is 48.5 Å². The highest BCUT2D eigenvalue weighted by Crippen LogP contribution is 2.25. The quantitative estimate of drug-likeness (QED) is 0.720. The molecule has 6 heteroatoms. The Morgan fingerprint density at radius 3 is 2.26 bits per heavy atom. The number of nitrogens with zero attached hydrogens (tertiary/aromatic N) is 3. The molecule has 3 nitrogen and oxygen atoms in total. The van der Waals surface area contributed by atoms with E-state index >= 15 is 0 Å². The standard InChI is InChI=1S/C13H6ClF2N3/c14-9-1-3-10(4-2-9)18-19-13-6-12(16)11(15)5-8(13)7-17/h1-6H. The van der Waals surface area contributed by atoms with Gasteiger partial charge in [0.25, 0.3) is 0 Å². The molecule has 0 saturated heterocycles. The highest BCUT2D eigenvalue weighted by atomic mass is 35.5. The fourth-order valence-electron chi connectivity index (χ4n) is 1.33. The van der Waals surface area contributed by atoms with E-state index in [0.29, 0.717) is 10.7 Å². The Hall–Kier alpha value is -2.32. The summed E-state index contributed by atoms with van der Waals surface area (Å²) < 4.78 is 26.0. The van der Waals surface area contributed by atoms with Gasteiger partial charge in [0.15, 0.2) is 11.6 Å². The van der Waals surface area contributed by atoms with Crippen molar-refractivity contribution in [3.8, 4) is 6.07 Å². The van der Waals surface area contributed by atoms with E-state index in [1.165, 1.54) is 0 Å². The lowest BCUT2D eigenvalue weighted by Gasteiger charge is -1.98. The molecule has 0 fully saturated rings. The molecule has 2 rings (SSSR count). The van der Waals surface area contributed by atoms with Crippen LogP contribution < -0.4 is 0 Å². The first-order chi connectivity index (χ1) is 9.10. The molecule has 0 unspecified atom stereocenters. The van der Waals surface area contributed by atoms with Gasteiger partial charge < -0.3 is 0 Å². The Kier molecular flexibility index (Phi) is 3.83. The van der Waals surface area contributed by atoms with E-state index in [9.17, 15) is 8.78 Å². The van der Waals surface area contributed by atoms with Crippen molar-refractivity contribution < 1.29 is 8.78 Å². The molecule has 0 aliphatic rings. The first kappa shape index (κ1) is 13.1. The van der Waals surface area contributed by atoms with Crippen LogP contribution in [0.4, 0.5) is 20.2 Å². The Labute approximate surface area is 112 Å². The van der Waals surface area contributed by atoms with Crippen LogP contribution in [0.2, 0.25) is 5.02 Å². The second kappa shape index (κ2) is 5.55. The van der Waals surface area contributed by atoms with Gasteiger partial charge in [-0.15, -0.1) is 5.11 Å². The minimum atomic E-state index is -1.10. The van der Waals surface area contributed by atoms with E-state index in [1.807, 2.05) is 0 Å². The van der Waals surface area contributed by atoms with Gasteiger partial charge in [0.05, 0.1) is 11.3 Å². The molecule has 0 aromatic heterocycles. The molecule has 19 heavy (non-hydrogen) atoms. The van der Waals surface area contributed by atoms with Gasteiger partial charge in [0.1, 0.15) is 11.8 Å². The second-order valence-electron chi connectivity index (χ2n) is 3.57. The number of hydrogen-bond acceptors (Lipinski definition) is 3. The summed E-state index contributed by atoms with van der Waals surface area (Å²) in [4.78, 5) is 0. The predicted octanol–water partition coefficient (Wildman–Crippen LogP) is 4.91. The van der Waals surface area contributed by atoms with Crippen LogP contribution in [0.25, 0.3) is 0 Å². The molecule has 0 radical (unpaired) electrons. The maximum absolute atomic E-state index is 13.1. The monoisotopic (exact) mass is 277 g/mol. The smallest absolute Gasteiger partial charge is 0.161 e. The minimum absolute atomic E-state index is 0.0312. The summed E-state index contributed by atoms with van der Waals surface area (Å²) in [6.45, 7) is 0. The van der Waals surface area contributed by atoms with Crippen molar-refractivity contribution in [3.63, 3.8) is 0 Å². The molecule has 0 N–H and O–H groups in total. The zero-order valence-corrected chi connectivity index (χ0v) is 10.2. The Morgan fingerprint density at radius 1 is 1.00 bits per heavy atom. The van der Waals surface area contributed by atoms with Gasteiger partial charge >= 0.3 is 0 Å². The molecule has 0 spiro atoms. The molecule has 2 aromatic carbocycles. The maximum atomic E-state index is 13.1. The maximum Gasteiger partial charge on any atom is 0.161 e. The number of rotatable bonds is 2. The molecule has 0 aliphatic carbocycles. The summed E-state index contributed by atoms with van der Waals surface area (Å²) in [6.07, 6.45) is 0. The first-order valence-electron chi connectivity index (χ1n) is 5.16. The van der Waals surface area contributed by atoms with Gasteiger partial charge in [0.2, 0.25) is 0 Å². The van der Waals surface area contributed by atoms with Crippen molar-refractivity contribution in [1.29, 1.82) is 5.26 Å². The molecule has 0 bridgehead atoms. The van der Waals surface area contributed by atoms with Gasteiger partial charge in [-0.3, -0.25) is 0 Å². The molecule has 0 heterocycles. The normalized spacial score (nSPS) is 10.6. The molecular formula is C13H6ClF2N3. The van der Waals surface area contributed by atoms with Crippen molar-refractivity contribution in [3.05, 3.63) is 58.6 Å². The summed E-state index contributed by atoms with van der Waals surface area (Å²) in [6, 6.07) is 9.79. The van der Waals surface area contributed by atoms with Crippen LogP contribution in [0, 0.1) is 23.0 Å². The molecule has 0 saturated carbocycles. The third-order valence-electron chi connectivity index (χ3n) is 2.26. The Morgan fingerprint density at radius 2 is 1.63 bits per heavy atom. The van der Waals surface area contributed by atoms with Gasteiger partial charge in [0, 0.05) is 11.1 Å². The third kappa shape index (κ3) is 3.12. The highest BCUT2D eigenvalue weighted by molar-refractivity contribution is 6.30. The van der Waals surface area contributed by atoms with E-state index in [2.05, 4.69) is 10.2 Å². The lowest BCUT2D eigenvalue weighted by Crippen LogP contribution is -1.86. The number of nitriles is 1. The Bertz CT molecular complexity index is 676. The number of azo groups is 1. The fraction of sp³-hybridized carbons (Fsp3) is 0. The molecule has 94 valence electrons. The lowest BCUT2D eigenvalue weighted by molar-refractivity contribution is 0.508. The van der Waals surface area contributed by atoms with E-state index in [-0.39, 0.29) is 11.3 Å². The van der Waals surface area contributed by atoms with Crippen LogP contribution in [-0.2, 0) is 0 Å². The van der Waals surface area contributed by atoms with E-state index in [1.54, 1.807) is 30.3 Å². The summed E-state index contributed by atoms with van der Waals surface area (Å²) in [5, 5.41) is 16.9. The van der Waals surface area contributed by atoms with Crippen LogP contribution in [0.5, 0.6) is 0 Å². The van der Waals surface area contributed by atoms with Crippen molar-refractivity contribution in [2.75, 3.05) is 0 Å². The summed E-state index contributed by atoms with van der Waals surface area (Å²) in [5.41, 5.74) is 0.367. The summed E-state index contributed by atoms with van der Waals surface area (Å²) in [5.74, 6) is -2.17. The average molecular weight is 278 g/mol. The molecule has 2 aromatic rings. The van der Waals surface area contributed by atoms with Crippen molar-refractivity contribution in [2.45, 2.75) is 0 Å². The highest BCUT2D eigenvalue weighted by Gasteiger charge is 2.09. The zero-order valence-electron chi connectivity index (χ0n) is 9.44. The minimum Gasteiger partial charge on any atom is -0.204 e. The van der Waals surface area contributed by atoms with E-state index in [4.69, 9.17) is 16.9 Å². The molecule has 0 aliphatic heterocycles. The SMILES string of the molecule is N#Cc1cc(F)c(F)cc1N=Nc1ccc(Cl)cc1. The van der Waals surface area contributed by atoms with Gasteiger partial charge in [-0.2, -0.15) is 10.4 Å². The largest absolute Gasteiger partial charge is 0.204 e. The van der Waals surface area contributed by atoms with Crippen molar-refractivity contribution >= 4 is 23.0 Å². The molecule has 0 atom stereocenters. The van der Waals surface area contributed by atoms with Crippen LogP contribution in [0.15, 0.2) is 46.6 Å². The zero-order chi connectivity index (χ0) is 13.8. The molecule has 0 amide bonds. The van der Waals surface area contributed by atoms with Crippen molar-refractivity contribution in [1.82, 2.24) is 0 Å². The van der Waals surface area contributed by atoms with Crippen LogP contribution in [0.3, 0.4) is 0 Å². The number of benzene rings is 2. The van der Waals surface area contributed by atoms with Crippen molar-refractivity contribution in [2.24, 2.45) is 10.2 Å². The third-order valence-corrected chi connectivity index (χ3v) is 2.51. The lowest BCUT2D eigenvalue weighted by atomic mass is 10.2. The predicted molar refractivity (Wildman–Crippen MR) is 66.7 cm³/mol. The average Bonchev–Trinajstić information content (AvgIpc) is 2.41. The number of halogens is 3. The van der Waals surface area contributed by atoms with Crippen LogP contribution in [0.1, 0.15) is 5.56 Å². The van der Waals surface area contributed by atoms with Gasteiger partial charge in [-0.05, 0) is 30.3 Å². The van der Waals surface area contributed by atoms with E-state index in [0.717, 1.165) is 12.1 Å². The second-order valence-corrected chi connectivity index (χ2v) is 4.01. The van der Waals surface area contributed by atoms with Gasteiger partial charge in [-0.25, -0.2) is 8.78 Å². The van der Waals surface area contributed by atoms with Crippen LogP contribution in [-0.4, -0.2) is 0 Å². The molecular weight excluding hydrogens is 272 g/mol. The van der Waals surface area contributed by atoms with E-state index < -0.39 is 11.6 Å². The Balaban J connectivity index is 2.35.